The SMILES string of the molecule is CCNC(=NCc1cc2ccccc2[nH]1)NCCc1cccc(C(=O)N(C)C)c1.I. The van der Waals surface area contributed by atoms with Crippen molar-refractivity contribution < 1.29 is 4.79 Å². The lowest BCUT2D eigenvalue weighted by molar-refractivity contribution is 0.0827. The Morgan fingerprint density at radius 1 is 1.07 bits per heavy atom. The van der Waals surface area contributed by atoms with Crippen molar-refractivity contribution in [3.63, 3.8) is 0 Å². The predicted octanol–water partition coefficient (Wildman–Crippen LogP) is 3.79. The van der Waals surface area contributed by atoms with Gasteiger partial charge in [0.25, 0.3) is 5.91 Å². The Morgan fingerprint density at radius 2 is 1.87 bits per heavy atom. The van der Waals surface area contributed by atoms with Crippen molar-refractivity contribution in [2.24, 2.45) is 4.99 Å². The van der Waals surface area contributed by atoms with Gasteiger partial charge in [0.05, 0.1) is 6.54 Å². The van der Waals surface area contributed by atoms with Crippen molar-refractivity contribution in [3.05, 3.63) is 71.4 Å². The van der Waals surface area contributed by atoms with Gasteiger partial charge in [-0.15, -0.1) is 24.0 Å². The van der Waals surface area contributed by atoms with Crippen LogP contribution in [0.5, 0.6) is 0 Å². The van der Waals surface area contributed by atoms with Crippen LogP contribution in [0.15, 0.2) is 59.6 Å². The number of halogens is 1. The molecule has 0 spiro atoms. The highest BCUT2D eigenvalue weighted by molar-refractivity contribution is 14.0. The van der Waals surface area contributed by atoms with Crippen molar-refractivity contribution in [1.29, 1.82) is 0 Å². The molecular formula is C23H30IN5O. The van der Waals surface area contributed by atoms with Crippen molar-refractivity contribution in [2.75, 3.05) is 27.2 Å². The van der Waals surface area contributed by atoms with Gasteiger partial charge in [0.15, 0.2) is 5.96 Å². The quantitative estimate of drug-likeness (QED) is 0.253. The number of aromatic nitrogens is 1. The van der Waals surface area contributed by atoms with E-state index in [0.717, 1.165) is 42.2 Å². The molecule has 3 N–H and O–H groups in total. The molecule has 0 bridgehead atoms. The van der Waals surface area contributed by atoms with Crippen LogP contribution in [0, 0.1) is 0 Å². The Balaban J connectivity index is 0.00000320. The third-order valence-electron chi connectivity index (χ3n) is 4.62. The molecule has 0 aliphatic carbocycles. The summed E-state index contributed by atoms with van der Waals surface area (Å²) in [5.74, 6) is 0.805. The highest BCUT2D eigenvalue weighted by atomic mass is 127. The number of benzene rings is 2. The van der Waals surface area contributed by atoms with E-state index in [1.807, 2.05) is 36.4 Å². The van der Waals surface area contributed by atoms with Crippen LogP contribution < -0.4 is 10.6 Å². The van der Waals surface area contributed by atoms with Gasteiger partial charge < -0.3 is 20.5 Å². The maximum Gasteiger partial charge on any atom is 0.253 e. The first-order chi connectivity index (χ1) is 14.1. The van der Waals surface area contributed by atoms with Gasteiger partial charge in [-0.25, -0.2) is 4.99 Å². The zero-order valence-corrected chi connectivity index (χ0v) is 20.1. The number of aromatic amines is 1. The number of fused-ring (bicyclic) bond motifs is 1. The van der Waals surface area contributed by atoms with Crippen molar-refractivity contribution in [1.82, 2.24) is 20.5 Å². The van der Waals surface area contributed by atoms with Crippen LogP contribution in [0.2, 0.25) is 0 Å². The Labute approximate surface area is 195 Å². The van der Waals surface area contributed by atoms with Gasteiger partial charge in [0, 0.05) is 44.0 Å². The van der Waals surface area contributed by atoms with E-state index in [0.29, 0.717) is 12.1 Å². The molecule has 0 unspecified atom stereocenters. The van der Waals surface area contributed by atoms with Gasteiger partial charge in [-0.3, -0.25) is 4.79 Å². The number of hydrogen-bond acceptors (Lipinski definition) is 2. The van der Waals surface area contributed by atoms with E-state index >= 15 is 0 Å². The largest absolute Gasteiger partial charge is 0.357 e. The average molecular weight is 519 g/mol. The van der Waals surface area contributed by atoms with E-state index in [2.05, 4.69) is 45.7 Å². The smallest absolute Gasteiger partial charge is 0.253 e. The molecule has 0 saturated heterocycles. The minimum atomic E-state index is 0. The van der Waals surface area contributed by atoms with E-state index in [1.165, 1.54) is 5.39 Å². The second-order valence-electron chi connectivity index (χ2n) is 7.15. The lowest BCUT2D eigenvalue weighted by atomic mass is 10.1. The number of carbonyl (C=O) groups excluding carboxylic acids is 1. The summed E-state index contributed by atoms with van der Waals surface area (Å²) in [7, 11) is 3.53. The molecule has 3 aromatic rings. The van der Waals surface area contributed by atoms with E-state index in [1.54, 1.807) is 19.0 Å². The lowest BCUT2D eigenvalue weighted by Crippen LogP contribution is -2.38. The molecule has 7 heteroatoms. The molecule has 0 fully saturated rings. The number of H-pyrrole nitrogens is 1. The first-order valence-corrected chi connectivity index (χ1v) is 9.96. The molecular weight excluding hydrogens is 489 g/mol. The lowest BCUT2D eigenvalue weighted by Gasteiger charge is -2.13. The number of aliphatic imine (C=N–C) groups is 1. The van der Waals surface area contributed by atoms with Crippen LogP contribution in [0.3, 0.4) is 0 Å². The molecule has 6 nitrogen and oxygen atoms in total. The zero-order chi connectivity index (χ0) is 20.6. The minimum absolute atomic E-state index is 0. The summed E-state index contributed by atoms with van der Waals surface area (Å²) in [4.78, 5) is 21.8. The number of amides is 1. The Hall–Kier alpha value is -2.55. The highest BCUT2D eigenvalue weighted by Crippen LogP contribution is 2.15. The molecule has 160 valence electrons. The molecule has 1 heterocycles. The molecule has 0 saturated carbocycles. The van der Waals surface area contributed by atoms with Crippen LogP contribution >= 0.6 is 24.0 Å². The standard InChI is InChI=1S/C23H29N5O.HI/c1-4-24-23(26-16-20-15-18-9-5-6-11-21(18)27-20)25-13-12-17-8-7-10-19(14-17)22(29)28(2)3;/h5-11,14-15,27H,4,12-13,16H2,1-3H3,(H2,24,25,26);1H. The number of rotatable bonds is 7. The fraction of sp³-hybridized carbons (Fsp3) is 0.304. The van der Waals surface area contributed by atoms with E-state index in [9.17, 15) is 4.79 Å². The fourth-order valence-electron chi connectivity index (χ4n) is 3.17. The number of nitrogens with zero attached hydrogens (tertiary/aromatic N) is 2. The van der Waals surface area contributed by atoms with Crippen molar-refractivity contribution in [3.8, 4) is 0 Å². The average Bonchev–Trinajstić information content (AvgIpc) is 3.14. The molecule has 0 atom stereocenters. The number of hydrogen-bond donors (Lipinski definition) is 3. The topological polar surface area (TPSA) is 72.5 Å². The van der Waals surface area contributed by atoms with Gasteiger partial charge >= 0.3 is 0 Å². The summed E-state index contributed by atoms with van der Waals surface area (Å²) < 4.78 is 0. The summed E-state index contributed by atoms with van der Waals surface area (Å²) in [5.41, 5.74) is 4.05. The monoisotopic (exact) mass is 519 g/mol. The molecule has 0 aliphatic heterocycles. The van der Waals surface area contributed by atoms with Crippen LogP contribution in [0.4, 0.5) is 0 Å². The maximum absolute atomic E-state index is 12.1. The second kappa shape index (κ2) is 11.6. The Morgan fingerprint density at radius 3 is 2.60 bits per heavy atom. The molecule has 1 amide bonds. The molecule has 2 aromatic carbocycles. The van der Waals surface area contributed by atoms with Crippen molar-refractivity contribution >= 4 is 46.7 Å². The number of carbonyl (C=O) groups is 1. The van der Waals surface area contributed by atoms with E-state index in [4.69, 9.17) is 0 Å². The van der Waals surface area contributed by atoms with Crippen LogP contribution in [0.25, 0.3) is 10.9 Å². The van der Waals surface area contributed by atoms with Crippen LogP contribution in [0.1, 0.15) is 28.5 Å². The zero-order valence-electron chi connectivity index (χ0n) is 17.7. The minimum Gasteiger partial charge on any atom is -0.357 e. The number of guanidine groups is 1. The molecule has 0 aliphatic rings. The first-order valence-electron chi connectivity index (χ1n) is 9.96. The van der Waals surface area contributed by atoms with E-state index < -0.39 is 0 Å². The van der Waals surface area contributed by atoms with Gasteiger partial charge in [0.2, 0.25) is 0 Å². The van der Waals surface area contributed by atoms with Gasteiger partial charge in [-0.05, 0) is 48.6 Å². The molecule has 3 rings (SSSR count). The van der Waals surface area contributed by atoms with Crippen LogP contribution in [-0.4, -0.2) is 48.9 Å². The van der Waals surface area contributed by atoms with Gasteiger partial charge in [-0.2, -0.15) is 0 Å². The Kier molecular flexibility index (Phi) is 9.16. The highest BCUT2D eigenvalue weighted by Gasteiger charge is 2.08. The second-order valence-corrected chi connectivity index (χ2v) is 7.15. The van der Waals surface area contributed by atoms with Crippen LogP contribution in [-0.2, 0) is 13.0 Å². The van der Waals surface area contributed by atoms with Gasteiger partial charge in [-0.1, -0.05) is 30.3 Å². The number of nitrogens with one attached hydrogen (secondary N) is 3. The molecule has 0 radical (unpaired) electrons. The fourth-order valence-corrected chi connectivity index (χ4v) is 3.17. The maximum atomic E-state index is 12.1. The third-order valence-corrected chi connectivity index (χ3v) is 4.62. The van der Waals surface area contributed by atoms with Gasteiger partial charge in [0.1, 0.15) is 0 Å². The summed E-state index contributed by atoms with van der Waals surface area (Å²) in [5, 5.41) is 7.85. The number of para-hydroxylation sites is 1. The first kappa shape index (κ1) is 23.7. The summed E-state index contributed by atoms with van der Waals surface area (Å²) in [6, 6.07) is 18.1. The van der Waals surface area contributed by atoms with E-state index in [-0.39, 0.29) is 29.9 Å². The third kappa shape index (κ3) is 6.48. The summed E-state index contributed by atoms with van der Waals surface area (Å²) in [6.07, 6.45) is 0.811. The molecule has 1 aromatic heterocycles. The summed E-state index contributed by atoms with van der Waals surface area (Å²) >= 11 is 0. The summed E-state index contributed by atoms with van der Waals surface area (Å²) in [6.45, 7) is 4.16. The predicted molar refractivity (Wildman–Crippen MR) is 135 cm³/mol. The van der Waals surface area contributed by atoms with Crippen molar-refractivity contribution in [2.45, 2.75) is 19.9 Å². The Bertz CT molecular complexity index is 963. The molecule has 30 heavy (non-hydrogen) atoms. The normalized spacial score (nSPS) is 11.1.